The number of phosphoric acid groups is 1. The third-order valence-corrected chi connectivity index (χ3v) is 14.8. The van der Waals surface area contributed by atoms with Crippen LogP contribution in [-0.2, 0) is 32.7 Å². The van der Waals surface area contributed by atoms with Gasteiger partial charge < -0.3 is 20.1 Å². The number of carbonyl (C=O) groups is 2. The number of allylic oxidation sites excluding steroid dienone is 6. The number of nitrogens with two attached hydrogens (primary N) is 1. The molecule has 3 N–H and O–H groups in total. The van der Waals surface area contributed by atoms with Gasteiger partial charge in [0.05, 0.1) is 13.2 Å². The van der Waals surface area contributed by atoms with E-state index in [1.54, 1.807) is 0 Å². The van der Waals surface area contributed by atoms with E-state index in [2.05, 4.69) is 50.3 Å². The van der Waals surface area contributed by atoms with E-state index in [-0.39, 0.29) is 38.6 Å². The topological polar surface area (TPSA) is 134 Å². The molecule has 0 aromatic heterocycles. The van der Waals surface area contributed by atoms with Crippen molar-refractivity contribution in [2.45, 2.75) is 322 Å². The van der Waals surface area contributed by atoms with Crippen LogP contribution in [-0.4, -0.2) is 49.3 Å². The molecule has 424 valence electrons. The molecule has 0 aromatic carbocycles. The highest BCUT2D eigenvalue weighted by atomic mass is 31.2. The molecule has 0 aliphatic carbocycles. The molecular formula is C62H118NO8P. The summed E-state index contributed by atoms with van der Waals surface area (Å²) in [5, 5.41) is 0. The van der Waals surface area contributed by atoms with Crippen LogP contribution in [0.3, 0.4) is 0 Å². The van der Waals surface area contributed by atoms with Crippen molar-refractivity contribution >= 4 is 19.8 Å². The summed E-state index contributed by atoms with van der Waals surface area (Å²) in [6, 6.07) is 0. The lowest BCUT2D eigenvalue weighted by Gasteiger charge is -2.19. The molecule has 0 radical (unpaired) electrons. The van der Waals surface area contributed by atoms with Crippen molar-refractivity contribution in [3.05, 3.63) is 36.5 Å². The zero-order valence-electron chi connectivity index (χ0n) is 47.4. The van der Waals surface area contributed by atoms with Gasteiger partial charge in [-0.05, 0) is 51.4 Å². The summed E-state index contributed by atoms with van der Waals surface area (Å²) in [5.74, 6) is -0.809. The molecule has 0 saturated carbocycles. The van der Waals surface area contributed by atoms with Crippen LogP contribution in [0.15, 0.2) is 36.5 Å². The maximum Gasteiger partial charge on any atom is 0.472 e. The molecule has 0 amide bonds. The Balaban J connectivity index is 3.89. The van der Waals surface area contributed by atoms with Crippen LogP contribution in [0.4, 0.5) is 0 Å². The monoisotopic (exact) mass is 1040 g/mol. The Morgan fingerprint density at radius 2 is 0.722 bits per heavy atom. The van der Waals surface area contributed by atoms with E-state index >= 15 is 0 Å². The molecule has 10 heteroatoms. The molecule has 0 spiro atoms. The van der Waals surface area contributed by atoms with Gasteiger partial charge >= 0.3 is 19.8 Å². The highest BCUT2D eigenvalue weighted by molar-refractivity contribution is 7.47. The highest BCUT2D eigenvalue weighted by Gasteiger charge is 2.26. The first kappa shape index (κ1) is 70.2. The van der Waals surface area contributed by atoms with Gasteiger partial charge in [0.15, 0.2) is 6.10 Å². The number of unbranched alkanes of at least 4 members (excludes halogenated alkanes) is 40. The summed E-state index contributed by atoms with van der Waals surface area (Å²) in [7, 11) is -4.39. The summed E-state index contributed by atoms with van der Waals surface area (Å²) < 4.78 is 33.1. The lowest BCUT2D eigenvalue weighted by molar-refractivity contribution is -0.161. The maximum absolute atomic E-state index is 12.7. The molecule has 0 heterocycles. The zero-order valence-corrected chi connectivity index (χ0v) is 48.3. The minimum Gasteiger partial charge on any atom is -0.462 e. The summed E-state index contributed by atoms with van der Waals surface area (Å²) in [4.78, 5) is 35.2. The Bertz CT molecular complexity index is 1270. The van der Waals surface area contributed by atoms with Gasteiger partial charge in [-0.15, -0.1) is 0 Å². The number of hydrogen-bond donors (Lipinski definition) is 2. The summed E-state index contributed by atoms with van der Waals surface area (Å²) >= 11 is 0. The van der Waals surface area contributed by atoms with Crippen molar-refractivity contribution in [2.24, 2.45) is 5.73 Å². The molecule has 0 aromatic rings. The molecule has 0 saturated heterocycles. The number of ether oxygens (including phenoxy) is 2. The van der Waals surface area contributed by atoms with E-state index in [1.165, 1.54) is 238 Å². The fourth-order valence-corrected chi connectivity index (χ4v) is 9.94. The Labute approximate surface area is 445 Å². The Morgan fingerprint density at radius 3 is 1.07 bits per heavy atom. The number of rotatable bonds is 59. The van der Waals surface area contributed by atoms with Crippen molar-refractivity contribution in [1.82, 2.24) is 0 Å². The van der Waals surface area contributed by atoms with Crippen LogP contribution < -0.4 is 5.73 Å². The first-order valence-corrected chi connectivity index (χ1v) is 32.5. The summed E-state index contributed by atoms with van der Waals surface area (Å²) in [6.07, 6.45) is 70.7. The van der Waals surface area contributed by atoms with Crippen LogP contribution in [0, 0.1) is 0 Å². The standard InChI is InChI=1S/C62H118NO8P/c1-3-5-7-9-11-13-15-17-19-21-23-25-26-27-28-29-30-31-32-33-34-35-37-39-41-43-45-47-49-51-53-55-62(65)71-60(59-70-72(66,67)69-57-56-63)58-68-61(64)54-52-50-48-46-44-42-40-38-36-24-22-20-18-16-14-12-10-8-6-4-2/h15,17,21,23,26-27,60H,3-14,16,18-20,22,24-25,28-59,63H2,1-2H3,(H,66,67)/b17-15-,23-21-,27-26-. The molecule has 0 rings (SSSR count). The van der Waals surface area contributed by atoms with Crippen LogP contribution in [0.1, 0.15) is 316 Å². The van der Waals surface area contributed by atoms with E-state index in [1.807, 2.05) is 0 Å². The fourth-order valence-electron chi connectivity index (χ4n) is 9.18. The second-order valence-electron chi connectivity index (χ2n) is 20.9. The smallest absolute Gasteiger partial charge is 0.462 e. The average molecular weight is 1040 g/mol. The number of phosphoric ester groups is 1. The van der Waals surface area contributed by atoms with Crippen molar-refractivity contribution < 1.29 is 37.6 Å². The minimum absolute atomic E-state index is 0.0556. The number of carbonyl (C=O) groups excluding carboxylic acids is 2. The minimum atomic E-state index is -4.39. The third kappa shape index (κ3) is 57.5. The SMILES string of the molecule is CCCCCCC/C=C\C/C=C\C/C=C\CCCCCCCCCCCCCCCCCCC(=O)OC(COC(=O)CCCCCCCCCCCCCCCCCCCCCC)COP(=O)(O)OCCN. The van der Waals surface area contributed by atoms with Gasteiger partial charge in [-0.1, -0.05) is 288 Å². The predicted molar refractivity (Wildman–Crippen MR) is 307 cm³/mol. The van der Waals surface area contributed by atoms with Gasteiger partial charge in [0.25, 0.3) is 0 Å². The lowest BCUT2D eigenvalue weighted by Crippen LogP contribution is -2.29. The maximum atomic E-state index is 12.7. The van der Waals surface area contributed by atoms with Crippen LogP contribution in [0.2, 0.25) is 0 Å². The first-order chi connectivity index (χ1) is 35.3. The molecule has 0 aliphatic heterocycles. The third-order valence-electron chi connectivity index (χ3n) is 13.8. The molecule has 2 unspecified atom stereocenters. The average Bonchev–Trinajstić information content (AvgIpc) is 3.37. The second kappa shape index (κ2) is 58.5. The lowest BCUT2D eigenvalue weighted by atomic mass is 10.0. The van der Waals surface area contributed by atoms with Crippen LogP contribution in [0.5, 0.6) is 0 Å². The largest absolute Gasteiger partial charge is 0.472 e. The van der Waals surface area contributed by atoms with E-state index in [0.717, 1.165) is 44.9 Å². The van der Waals surface area contributed by atoms with E-state index < -0.39 is 26.5 Å². The Morgan fingerprint density at radius 1 is 0.417 bits per heavy atom. The van der Waals surface area contributed by atoms with Gasteiger partial charge in [-0.2, -0.15) is 0 Å². The van der Waals surface area contributed by atoms with E-state index in [0.29, 0.717) is 6.42 Å². The van der Waals surface area contributed by atoms with Gasteiger partial charge in [0, 0.05) is 19.4 Å². The Kier molecular flexibility index (Phi) is 57.1. The second-order valence-corrected chi connectivity index (χ2v) is 22.4. The van der Waals surface area contributed by atoms with Gasteiger partial charge in [-0.25, -0.2) is 4.57 Å². The molecule has 0 aliphatic rings. The molecular weight excluding hydrogens is 918 g/mol. The molecule has 9 nitrogen and oxygen atoms in total. The van der Waals surface area contributed by atoms with E-state index in [9.17, 15) is 19.0 Å². The molecule has 2 atom stereocenters. The highest BCUT2D eigenvalue weighted by Crippen LogP contribution is 2.43. The van der Waals surface area contributed by atoms with Gasteiger partial charge in [0.2, 0.25) is 0 Å². The van der Waals surface area contributed by atoms with Gasteiger partial charge in [-0.3, -0.25) is 18.6 Å². The normalized spacial score (nSPS) is 13.2. The predicted octanol–water partition coefficient (Wildman–Crippen LogP) is 19.6. The van der Waals surface area contributed by atoms with Crippen LogP contribution in [0.25, 0.3) is 0 Å². The summed E-state index contributed by atoms with van der Waals surface area (Å²) in [6.45, 7) is 3.79. The fraction of sp³-hybridized carbons (Fsp3) is 0.871. The first-order valence-electron chi connectivity index (χ1n) is 31.0. The molecule has 72 heavy (non-hydrogen) atoms. The van der Waals surface area contributed by atoms with Crippen LogP contribution >= 0.6 is 7.82 Å². The number of esters is 2. The molecule has 0 fully saturated rings. The van der Waals surface area contributed by atoms with Crippen molar-refractivity contribution in [2.75, 3.05) is 26.4 Å². The van der Waals surface area contributed by atoms with Crippen molar-refractivity contribution in [1.29, 1.82) is 0 Å². The zero-order chi connectivity index (χ0) is 52.4. The van der Waals surface area contributed by atoms with E-state index in [4.69, 9.17) is 24.3 Å². The quantitative estimate of drug-likeness (QED) is 0.0264. The Hall–Kier alpha value is -1.77. The van der Waals surface area contributed by atoms with Crippen molar-refractivity contribution in [3.8, 4) is 0 Å². The van der Waals surface area contributed by atoms with Crippen molar-refractivity contribution in [3.63, 3.8) is 0 Å². The van der Waals surface area contributed by atoms with Gasteiger partial charge in [0.1, 0.15) is 6.61 Å². The summed E-state index contributed by atoms with van der Waals surface area (Å²) in [5.41, 5.74) is 5.39. The number of hydrogen-bond acceptors (Lipinski definition) is 8. The molecule has 0 bridgehead atoms.